The predicted molar refractivity (Wildman–Crippen MR) is 70.7 cm³/mol. The average molecular weight is 258 g/mol. The van der Waals surface area contributed by atoms with E-state index in [0.29, 0.717) is 12.2 Å². The van der Waals surface area contributed by atoms with Crippen LogP contribution >= 0.6 is 0 Å². The minimum absolute atomic E-state index is 0.174. The fraction of sp³-hybridized carbons (Fsp3) is 0.308. The molecule has 1 aromatic carbocycles. The normalized spacial score (nSPS) is 22.1. The van der Waals surface area contributed by atoms with Crippen molar-refractivity contribution in [3.05, 3.63) is 23.8 Å². The zero-order valence-electron chi connectivity index (χ0n) is 10.5. The molecule has 0 bridgehead atoms. The summed E-state index contributed by atoms with van der Waals surface area (Å²) in [6, 6.07) is 5.08. The molecule has 6 heteroatoms. The molecule has 2 heterocycles. The fourth-order valence-electron chi connectivity index (χ4n) is 2.52. The minimum Gasteiger partial charge on any atom is -0.398 e. The molecule has 0 spiro atoms. The maximum atomic E-state index is 11.8. The van der Waals surface area contributed by atoms with Gasteiger partial charge in [0.15, 0.2) is 0 Å². The van der Waals surface area contributed by atoms with E-state index in [-0.39, 0.29) is 18.2 Å². The van der Waals surface area contributed by atoms with Gasteiger partial charge >= 0.3 is 0 Å². The SMILES string of the molecule is CC1=Nc2cccc(N)c2CN1C1CC(=O)NC1=O. The van der Waals surface area contributed by atoms with Gasteiger partial charge in [-0.25, -0.2) is 4.99 Å². The van der Waals surface area contributed by atoms with E-state index >= 15 is 0 Å². The topological polar surface area (TPSA) is 87.8 Å². The van der Waals surface area contributed by atoms with E-state index in [1.807, 2.05) is 30.0 Å². The van der Waals surface area contributed by atoms with E-state index in [1.54, 1.807) is 0 Å². The lowest BCUT2D eigenvalue weighted by molar-refractivity contribution is -0.125. The van der Waals surface area contributed by atoms with Crippen molar-refractivity contribution in [3.63, 3.8) is 0 Å². The second-order valence-electron chi connectivity index (χ2n) is 4.76. The average Bonchev–Trinajstić information content (AvgIpc) is 2.68. The summed E-state index contributed by atoms with van der Waals surface area (Å²) in [6.45, 7) is 2.34. The van der Waals surface area contributed by atoms with Crippen molar-refractivity contribution in [2.24, 2.45) is 4.99 Å². The minimum atomic E-state index is -0.482. The number of nitrogens with two attached hydrogens (primary N) is 1. The Hall–Kier alpha value is -2.37. The maximum absolute atomic E-state index is 11.8. The van der Waals surface area contributed by atoms with E-state index in [4.69, 9.17) is 5.73 Å². The first-order valence-electron chi connectivity index (χ1n) is 6.09. The zero-order valence-corrected chi connectivity index (χ0v) is 10.5. The Morgan fingerprint density at radius 3 is 2.89 bits per heavy atom. The third-order valence-electron chi connectivity index (χ3n) is 3.53. The molecular weight excluding hydrogens is 244 g/mol. The van der Waals surface area contributed by atoms with Gasteiger partial charge in [0.25, 0.3) is 0 Å². The lowest BCUT2D eigenvalue weighted by atomic mass is 10.1. The van der Waals surface area contributed by atoms with Gasteiger partial charge in [-0.3, -0.25) is 14.9 Å². The number of anilines is 1. The van der Waals surface area contributed by atoms with Crippen molar-refractivity contribution in [3.8, 4) is 0 Å². The number of nitrogens with one attached hydrogen (secondary N) is 1. The number of hydrogen-bond donors (Lipinski definition) is 2. The molecule has 2 aliphatic heterocycles. The van der Waals surface area contributed by atoms with Gasteiger partial charge in [0.1, 0.15) is 11.9 Å². The van der Waals surface area contributed by atoms with Crippen molar-refractivity contribution in [1.82, 2.24) is 10.2 Å². The summed E-state index contributed by atoms with van der Waals surface area (Å²) in [6.07, 6.45) is 0.174. The highest BCUT2D eigenvalue weighted by molar-refractivity contribution is 6.07. The third kappa shape index (κ3) is 1.85. The Bertz CT molecular complexity index is 609. The summed E-state index contributed by atoms with van der Waals surface area (Å²) < 4.78 is 0. The molecular formula is C13H14N4O2. The molecule has 2 amide bonds. The highest BCUT2D eigenvalue weighted by atomic mass is 16.2. The number of nitrogens with zero attached hydrogens (tertiary/aromatic N) is 2. The van der Waals surface area contributed by atoms with Crippen molar-refractivity contribution >= 4 is 29.0 Å². The Morgan fingerprint density at radius 1 is 1.42 bits per heavy atom. The molecule has 3 N–H and O–H groups in total. The summed E-state index contributed by atoms with van der Waals surface area (Å²) in [5.41, 5.74) is 8.34. The van der Waals surface area contributed by atoms with Crippen LogP contribution in [0, 0.1) is 0 Å². The lowest BCUT2D eigenvalue weighted by Crippen LogP contribution is -2.44. The number of carbonyl (C=O) groups excluding carboxylic acids is 2. The number of rotatable bonds is 1. The van der Waals surface area contributed by atoms with Gasteiger partial charge < -0.3 is 10.6 Å². The second kappa shape index (κ2) is 4.08. The van der Waals surface area contributed by atoms with E-state index in [2.05, 4.69) is 10.3 Å². The van der Waals surface area contributed by atoms with E-state index in [9.17, 15) is 9.59 Å². The largest absolute Gasteiger partial charge is 0.398 e. The standard InChI is InChI=1S/C13H14N4O2/c1-7-15-10-4-2-3-9(14)8(10)6-17(7)11-5-12(18)16-13(11)19/h2-4,11H,5-6,14H2,1H3,(H,16,18,19). The number of nitrogen functional groups attached to an aromatic ring is 1. The number of imide groups is 1. The summed E-state index contributed by atoms with van der Waals surface area (Å²) in [5.74, 6) is 0.222. The van der Waals surface area contributed by atoms with E-state index < -0.39 is 6.04 Å². The van der Waals surface area contributed by atoms with Crippen molar-refractivity contribution in [2.75, 3.05) is 5.73 Å². The zero-order chi connectivity index (χ0) is 13.6. The van der Waals surface area contributed by atoms with Crippen molar-refractivity contribution in [2.45, 2.75) is 25.9 Å². The number of benzene rings is 1. The van der Waals surface area contributed by atoms with Crippen molar-refractivity contribution < 1.29 is 9.59 Å². The smallest absolute Gasteiger partial charge is 0.249 e. The molecule has 1 unspecified atom stereocenters. The Kier molecular flexibility index (Phi) is 2.51. The molecule has 3 rings (SSSR count). The number of amidine groups is 1. The van der Waals surface area contributed by atoms with Gasteiger partial charge in [-0.2, -0.15) is 0 Å². The summed E-state index contributed by atoms with van der Waals surface area (Å²) >= 11 is 0. The summed E-state index contributed by atoms with van der Waals surface area (Å²) in [5, 5.41) is 2.32. The molecule has 0 aliphatic carbocycles. The van der Waals surface area contributed by atoms with Crippen LogP contribution in [0.5, 0.6) is 0 Å². The van der Waals surface area contributed by atoms with Crippen LogP contribution in [0.3, 0.4) is 0 Å². The van der Waals surface area contributed by atoms with Crippen LogP contribution < -0.4 is 11.1 Å². The molecule has 1 atom stereocenters. The van der Waals surface area contributed by atoms with Crippen LogP contribution in [0.15, 0.2) is 23.2 Å². The summed E-state index contributed by atoms with van der Waals surface area (Å²) in [7, 11) is 0. The van der Waals surface area contributed by atoms with Crippen LogP contribution in [-0.4, -0.2) is 28.6 Å². The van der Waals surface area contributed by atoms with Crippen LogP contribution in [0.4, 0.5) is 11.4 Å². The monoisotopic (exact) mass is 258 g/mol. The summed E-state index contributed by atoms with van der Waals surface area (Å²) in [4.78, 5) is 29.4. The van der Waals surface area contributed by atoms with Gasteiger partial charge in [-0.1, -0.05) is 6.07 Å². The number of amides is 2. The van der Waals surface area contributed by atoms with E-state index in [1.165, 1.54) is 0 Å². The molecule has 0 aromatic heterocycles. The Labute approximate surface area is 110 Å². The molecule has 1 aromatic rings. The Balaban J connectivity index is 1.97. The molecule has 19 heavy (non-hydrogen) atoms. The lowest BCUT2D eigenvalue weighted by Gasteiger charge is -2.32. The highest BCUT2D eigenvalue weighted by Crippen LogP contribution is 2.32. The van der Waals surface area contributed by atoms with Gasteiger partial charge in [0, 0.05) is 17.8 Å². The number of fused-ring (bicyclic) bond motifs is 1. The van der Waals surface area contributed by atoms with Gasteiger partial charge in [-0.05, 0) is 19.1 Å². The van der Waals surface area contributed by atoms with Gasteiger partial charge in [0.05, 0.1) is 12.1 Å². The Morgan fingerprint density at radius 2 is 2.21 bits per heavy atom. The van der Waals surface area contributed by atoms with Crippen LogP contribution in [0.2, 0.25) is 0 Å². The molecule has 2 aliphatic rings. The van der Waals surface area contributed by atoms with Crippen LogP contribution in [0.1, 0.15) is 18.9 Å². The quantitative estimate of drug-likeness (QED) is 0.568. The predicted octanol–water partition coefficient (Wildman–Crippen LogP) is 0.549. The first-order valence-corrected chi connectivity index (χ1v) is 6.09. The fourth-order valence-corrected chi connectivity index (χ4v) is 2.52. The molecule has 1 fully saturated rings. The maximum Gasteiger partial charge on any atom is 0.249 e. The van der Waals surface area contributed by atoms with Crippen LogP contribution in [-0.2, 0) is 16.1 Å². The van der Waals surface area contributed by atoms with Crippen molar-refractivity contribution in [1.29, 1.82) is 0 Å². The second-order valence-corrected chi connectivity index (χ2v) is 4.76. The highest BCUT2D eigenvalue weighted by Gasteiger charge is 2.37. The molecule has 0 saturated carbocycles. The van der Waals surface area contributed by atoms with E-state index in [0.717, 1.165) is 17.1 Å². The van der Waals surface area contributed by atoms with Gasteiger partial charge in [0.2, 0.25) is 11.8 Å². The first-order chi connectivity index (χ1) is 9.06. The number of carbonyl (C=O) groups is 2. The molecule has 98 valence electrons. The third-order valence-corrected chi connectivity index (χ3v) is 3.53. The first kappa shape index (κ1) is 11.7. The molecule has 1 saturated heterocycles. The number of hydrogen-bond acceptors (Lipinski definition) is 5. The molecule has 0 radical (unpaired) electrons. The van der Waals surface area contributed by atoms with Gasteiger partial charge in [-0.15, -0.1) is 0 Å². The molecule has 6 nitrogen and oxygen atoms in total. The number of aliphatic imine (C=N–C) groups is 1. The van der Waals surface area contributed by atoms with Crippen LogP contribution in [0.25, 0.3) is 0 Å².